The molecule has 0 saturated carbocycles. The van der Waals surface area contributed by atoms with Gasteiger partial charge in [-0.2, -0.15) is 15.0 Å². The fourth-order valence-electron chi connectivity index (χ4n) is 2.11. The lowest BCUT2D eigenvalue weighted by Crippen LogP contribution is -2.40. The van der Waals surface area contributed by atoms with Gasteiger partial charge in [0.25, 0.3) is 0 Å². The topological polar surface area (TPSA) is 107 Å². The van der Waals surface area contributed by atoms with E-state index in [2.05, 4.69) is 39.5 Å². The molecule has 0 amide bonds. The molecular weight excluding hydrogens is 248 g/mol. The van der Waals surface area contributed by atoms with E-state index in [9.17, 15) is 0 Å². The number of nitrogen functional groups attached to an aromatic ring is 1. The van der Waals surface area contributed by atoms with E-state index >= 15 is 0 Å². The van der Waals surface area contributed by atoms with Gasteiger partial charge in [-0.3, -0.25) is 5.43 Å². The van der Waals surface area contributed by atoms with E-state index in [4.69, 9.17) is 15.3 Å². The van der Waals surface area contributed by atoms with Gasteiger partial charge in [-0.15, -0.1) is 0 Å². The molecule has 1 aromatic rings. The number of ether oxygens (including phenoxy) is 2. The lowest BCUT2D eigenvalue weighted by molar-refractivity contribution is -0.0554. The zero-order valence-corrected chi connectivity index (χ0v) is 11.4. The summed E-state index contributed by atoms with van der Waals surface area (Å²) < 4.78 is 10.7. The predicted molar refractivity (Wildman–Crippen MR) is 70.9 cm³/mol. The Morgan fingerprint density at radius 2 is 2.05 bits per heavy atom. The lowest BCUT2D eigenvalue weighted by Gasteiger charge is -2.35. The first-order chi connectivity index (χ1) is 9.02. The maximum atomic E-state index is 5.67. The maximum Gasteiger partial charge on any atom is 0.322 e. The molecule has 2 rings (SSSR count). The van der Waals surface area contributed by atoms with Crippen molar-refractivity contribution in [1.29, 1.82) is 0 Å². The van der Waals surface area contributed by atoms with Crippen LogP contribution in [0.4, 0.5) is 11.9 Å². The molecule has 0 spiro atoms. The first kappa shape index (κ1) is 13.8. The summed E-state index contributed by atoms with van der Waals surface area (Å²) in [4.78, 5) is 12.2. The van der Waals surface area contributed by atoms with Gasteiger partial charge >= 0.3 is 6.01 Å². The average Bonchev–Trinajstić information content (AvgIpc) is 2.37. The molecule has 0 aromatic carbocycles. The van der Waals surface area contributed by atoms with Gasteiger partial charge in [-0.05, 0) is 26.7 Å². The highest BCUT2D eigenvalue weighted by molar-refractivity contribution is 5.35. The van der Waals surface area contributed by atoms with Gasteiger partial charge in [-0.1, -0.05) is 0 Å². The quantitative estimate of drug-likeness (QED) is 0.536. The number of nitrogens with zero attached hydrogens (tertiary/aromatic N) is 3. The molecule has 0 radical (unpaired) electrons. The van der Waals surface area contributed by atoms with Crippen LogP contribution in [-0.2, 0) is 4.74 Å². The molecule has 1 saturated heterocycles. The van der Waals surface area contributed by atoms with Crippen LogP contribution < -0.4 is 21.3 Å². The Bertz CT molecular complexity index is 417. The fraction of sp³-hybridized carbons (Fsp3) is 0.727. The molecule has 1 aliphatic heterocycles. The molecule has 4 N–H and O–H groups in total. The third-order valence-corrected chi connectivity index (χ3v) is 2.96. The monoisotopic (exact) mass is 268 g/mol. The van der Waals surface area contributed by atoms with Crippen LogP contribution in [0.1, 0.15) is 26.7 Å². The summed E-state index contributed by atoms with van der Waals surface area (Å²) in [5.41, 5.74) is 2.25. The number of nitrogens with two attached hydrogens (primary N) is 1. The summed E-state index contributed by atoms with van der Waals surface area (Å²) in [6.45, 7) is 4.86. The van der Waals surface area contributed by atoms with Gasteiger partial charge in [0, 0.05) is 12.6 Å². The maximum absolute atomic E-state index is 5.67. The van der Waals surface area contributed by atoms with E-state index in [0.29, 0.717) is 5.95 Å². The number of nitrogens with one attached hydrogen (secondary N) is 2. The number of anilines is 2. The zero-order chi connectivity index (χ0) is 13.9. The summed E-state index contributed by atoms with van der Waals surface area (Å²) >= 11 is 0. The smallest absolute Gasteiger partial charge is 0.322 e. The van der Waals surface area contributed by atoms with Gasteiger partial charge in [-0.25, -0.2) is 5.84 Å². The first-order valence-electron chi connectivity index (χ1n) is 6.19. The molecule has 1 atom stereocenters. The summed E-state index contributed by atoms with van der Waals surface area (Å²) in [6.07, 6.45) is 1.79. The van der Waals surface area contributed by atoms with Crippen molar-refractivity contribution in [2.24, 2.45) is 5.84 Å². The minimum atomic E-state index is -0.137. The number of hydrogen-bond acceptors (Lipinski definition) is 8. The molecule has 106 valence electrons. The van der Waals surface area contributed by atoms with Crippen molar-refractivity contribution < 1.29 is 9.47 Å². The third-order valence-electron chi connectivity index (χ3n) is 2.96. The van der Waals surface area contributed by atoms with E-state index in [1.54, 1.807) is 0 Å². The normalized spacial score (nSPS) is 21.8. The molecule has 19 heavy (non-hydrogen) atoms. The molecule has 1 fully saturated rings. The molecular formula is C11H20N6O2. The highest BCUT2D eigenvalue weighted by atomic mass is 16.5. The first-order valence-corrected chi connectivity index (χ1v) is 6.19. The Morgan fingerprint density at radius 1 is 1.32 bits per heavy atom. The van der Waals surface area contributed by atoms with Gasteiger partial charge in [0.1, 0.15) is 0 Å². The predicted octanol–water partition coefficient (Wildman–Crippen LogP) is 0.535. The zero-order valence-electron chi connectivity index (χ0n) is 11.4. The Balaban J connectivity index is 2.09. The summed E-state index contributed by atoms with van der Waals surface area (Å²) in [5.74, 6) is 6.02. The molecule has 1 aromatic heterocycles. The van der Waals surface area contributed by atoms with Crippen LogP contribution in [-0.4, -0.2) is 40.3 Å². The highest BCUT2D eigenvalue weighted by Gasteiger charge is 2.29. The number of hydrazine groups is 1. The van der Waals surface area contributed by atoms with Crippen LogP contribution in [0.15, 0.2) is 0 Å². The number of hydrogen-bond donors (Lipinski definition) is 3. The van der Waals surface area contributed by atoms with Gasteiger partial charge in [0.2, 0.25) is 11.9 Å². The van der Waals surface area contributed by atoms with Crippen molar-refractivity contribution >= 4 is 11.9 Å². The lowest BCUT2D eigenvalue weighted by atomic mass is 9.94. The van der Waals surface area contributed by atoms with E-state index in [0.717, 1.165) is 19.4 Å². The van der Waals surface area contributed by atoms with Crippen LogP contribution in [0.25, 0.3) is 0 Å². The van der Waals surface area contributed by atoms with Crippen molar-refractivity contribution in [3.63, 3.8) is 0 Å². The van der Waals surface area contributed by atoms with Crippen LogP contribution in [0.3, 0.4) is 0 Å². The SMILES string of the molecule is COc1nc(NN)nc(NC2CCOC(C)(C)C2)n1. The molecule has 8 heteroatoms. The van der Waals surface area contributed by atoms with Crippen molar-refractivity contribution in [3.8, 4) is 6.01 Å². The molecule has 8 nitrogen and oxygen atoms in total. The Labute approximate surface area is 112 Å². The van der Waals surface area contributed by atoms with Gasteiger partial charge in [0.15, 0.2) is 0 Å². The molecule has 0 bridgehead atoms. The second-order valence-electron chi connectivity index (χ2n) is 5.06. The average molecular weight is 268 g/mol. The molecule has 2 heterocycles. The largest absolute Gasteiger partial charge is 0.467 e. The van der Waals surface area contributed by atoms with Gasteiger partial charge in [0.05, 0.1) is 12.7 Å². The van der Waals surface area contributed by atoms with Crippen LogP contribution in [0.2, 0.25) is 0 Å². The van der Waals surface area contributed by atoms with E-state index in [-0.39, 0.29) is 23.6 Å². The van der Waals surface area contributed by atoms with Crippen molar-refractivity contribution in [3.05, 3.63) is 0 Å². The summed E-state index contributed by atoms with van der Waals surface area (Å²) in [6, 6.07) is 0.471. The molecule has 0 aliphatic carbocycles. The molecule has 1 aliphatic rings. The van der Waals surface area contributed by atoms with Crippen molar-refractivity contribution in [1.82, 2.24) is 15.0 Å². The number of rotatable bonds is 4. The Hall–Kier alpha value is -1.67. The second-order valence-corrected chi connectivity index (χ2v) is 5.06. The van der Waals surface area contributed by atoms with Crippen molar-refractivity contribution in [2.45, 2.75) is 38.3 Å². The standard InChI is InChI=1S/C11H20N6O2/c1-11(2)6-7(4-5-19-11)13-8-14-9(17-12)16-10(15-8)18-3/h7H,4-6,12H2,1-3H3,(H2,13,14,15,16,17). The van der Waals surface area contributed by atoms with Crippen LogP contribution in [0.5, 0.6) is 6.01 Å². The van der Waals surface area contributed by atoms with E-state index < -0.39 is 0 Å². The minimum Gasteiger partial charge on any atom is -0.467 e. The van der Waals surface area contributed by atoms with Gasteiger partial charge < -0.3 is 14.8 Å². The minimum absolute atomic E-state index is 0.137. The summed E-state index contributed by atoms with van der Waals surface area (Å²) in [5, 5.41) is 3.27. The number of methoxy groups -OCH3 is 1. The third kappa shape index (κ3) is 3.65. The van der Waals surface area contributed by atoms with Crippen LogP contribution >= 0.6 is 0 Å². The number of aromatic nitrogens is 3. The Kier molecular flexibility index (Phi) is 4.01. The highest BCUT2D eigenvalue weighted by Crippen LogP contribution is 2.26. The van der Waals surface area contributed by atoms with Crippen molar-refractivity contribution in [2.75, 3.05) is 24.5 Å². The second kappa shape index (κ2) is 5.54. The Morgan fingerprint density at radius 3 is 2.68 bits per heavy atom. The fourth-order valence-corrected chi connectivity index (χ4v) is 2.11. The molecule has 1 unspecified atom stereocenters. The van der Waals surface area contributed by atoms with Crippen LogP contribution in [0, 0.1) is 0 Å². The van der Waals surface area contributed by atoms with E-state index in [1.165, 1.54) is 7.11 Å². The summed E-state index contributed by atoms with van der Waals surface area (Å²) in [7, 11) is 1.50. The van der Waals surface area contributed by atoms with E-state index in [1.807, 2.05) is 0 Å².